The van der Waals surface area contributed by atoms with Gasteiger partial charge in [0.1, 0.15) is 0 Å². The number of rotatable bonds is 5. The highest BCUT2D eigenvalue weighted by atomic mass is 16.4. The molecule has 1 aliphatic carbocycles. The van der Waals surface area contributed by atoms with Gasteiger partial charge in [0.25, 0.3) is 0 Å². The molecule has 0 amide bonds. The molecule has 1 aromatic carbocycles. The monoisotopic (exact) mass is 257 g/mol. The zero-order valence-electron chi connectivity index (χ0n) is 11.0. The molecule has 0 radical (unpaired) electrons. The number of nitrogens with one attached hydrogen (secondary N) is 1. The fourth-order valence-electron chi connectivity index (χ4n) is 2.56. The van der Waals surface area contributed by atoms with Crippen LogP contribution >= 0.6 is 0 Å². The van der Waals surface area contributed by atoms with Crippen LogP contribution in [-0.4, -0.2) is 16.2 Å². The Balaban J connectivity index is 1.54. The molecular weight excluding hydrogens is 238 g/mol. The van der Waals surface area contributed by atoms with E-state index in [-0.39, 0.29) is 0 Å². The molecule has 1 aromatic heterocycles. The van der Waals surface area contributed by atoms with Gasteiger partial charge in [-0.25, -0.2) is 0 Å². The van der Waals surface area contributed by atoms with Crippen LogP contribution in [-0.2, 0) is 13.0 Å². The number of nitrogens with zero attached hydrogens (tertiary/aromatic N) is 2. The van der Waals surface area contributed by atoms with Crippen LogP contribution in [0.1, 0.15) is 43.0 Å². The zero-order chi connectivity index (χ0) is 12.9. The second-order valence-electron chi connectivity index (χ2n) is 5.11. The van der Waals surface area contributed by atoms with Crippen LogP contribution in [0.15, 0.2) is 34.7 Å². The quantitative estimate of drug-likeness (QED) is 0.894. The van der Waals surface area contributed by atoms with Gasteiger partial charge in [-0.3, -0.25) is 0 Å². The van der Waals surface area contributed by atoms with Gasteiger partial charge in [0.2, 0.25) is 11.8 Å². The summed E-state index contributed by atoms with van der Waals surface area (Å²) >= 11 is 0. The summed E-state index contributed by atoms with van der Waals surface area (Å²) in [6.07, 6.45) is 5.91. The van der Waals surface area contributed by atoms with Crippen molar-refractivity contribution in [2.24, 2.45) is 0 Å². The summed E-state index contributed by atoms with van der Waals surface area (Å²) < 4.78 is 5.66. The molecule has 3 rings (SSSR count). The molecule has 19 heavy (non-hydrogen) atoms. The lowest BCUT2D eigenvalue weighted by atomic mass is 10.2. The minimum absolute atomic E-state index is 0.629. The molecule has 1 N–H and O–H groups in total. The van der Waals surface area contributed by atoms with Crippen LogP contribution in [0.5, 0.6) is 0 Å². The Morgan fingerprint density at radius 2 is 1.79 bits per heavy atom. The predicted molar refractivity (Wildman–Crippen MR) is 72.6 cm³/mol. The summed E-state index contributed by atoms with van der Waals surface area (Å²) in [6.45, 7) is 0.687. The summed E-state index contributed by atoms with van der Waals surface area (Å²) in [5, 5.41) is 11.7. The number of benzene rings is 1. The molecule has 0 saturated heterocycles. The number of hydrogen-bond donors (Lipinski definition) is 1. The molecule has 0 atom stereocenters. The number of aromatic nitrogens is 2. The largest absolute Gasteiger partial charge is 0.424 e. The molecule has 0 unspecified atom stereocenters. The molecular formula is C15H19N3O. The Morgan fingerprint density at radius 3 is 2.58 bits per heavy atom. The van der Waals surface area contributed by atoms with E-state index in [9.17, 15) is 0 Å². The maximum atomic E-state index is 5.66. The maximum absolute atomic E-state index is 5.66. The van der Waals surface area contributed by atoms with Crippen molar-refractivity contribution in [2.45, 2.75) is 44.7 Å². The van der Waals surface area contributed by atoms with Crippen molar-refractivity contribution in [1.82, 2.24) is 15.5 Å². The standard InChI is InChI=1S/C15H19N3O/c1-2-6-12(7-3-1)10-14-17-18-15(19-14)11-16-13-8-4-5-9-13/h1-3,6-7,13,16H,4-5,8-11H2. The fraction of sp³-hybridized carbons (Fsp3) is 0.467. The van der Waals surface area contributed by atoms with Crippen molar-refractivity contribution in [3.63, 3.8) is 0 Å². The maximum Gasteiger partial charge on any atom is 0.230 e. The second-order valence-corrected chi connectivity index (χ2v) is 5.11. The van der Waals surface area contributed by atoms with Gasteiger partial charge in [-0.15, -0.1) is 10.2 Å². The van der Waals surface area contributed by atoms with Crippen LogP contribution in [0, 0.1) is 0 Å². The first-order valence-electron chi connectivity index (χ1n) is 6.99. The second kappa shape index (κ2) is 5.97. The Morgan fingerprint density at radius 1 is 1.05 bits per heavy atom. The Hall–Kier alpha value is -1.68. The minimum Gasteiger partial charge on any atom is -0.424 e. The lowest BCUT2D eigenvalue weighted by Gasteiger charge is -2.08. The van der Waals surface area contributed by atoms with Crippen LogP contribution in [0.2, 0.25) is 0 Å². The molecule has 0 bridgehead atoms. The number of hydrogen-bond acceptors (Lipinski definition) is 4. The molecule has 1 aliphatic rings. The van der Waals surface area contributed by atoms with Crippen molar-refractivity contribution >= 4 is 0 Å². The van der Waals surface area contributed by atoms with Crippen molar-refractivity contribution < 1.29 is 4.42 Å². The Kier molecular flexibility index (Phi) is 3.89. The summed E-state index contributed by atoms with van der Waals surface area (Å²) in [7, 11) is 0. The average molecular weight is 257 g/mol. The van der Waals surface area contributed by atoms with Gasteiger partial charge >= 0.3 is 0 Å². The molecule has 2 aromatic rings. The lowest BCUT2D eigenvalue weighted by molar-refractivity contribution is 0.415. The molecule has 4 heteroatoms. The Labute approximate surface area is 113 Å². The fourth-order valence-corrected chi connectivity index (χ4v) is 2.56. The first-order chi connectivity index (χ1) is 9.40. The molecule has 1 fully saturated rings. The van der Waals surface area contributed by atoms with E-state index in [4.69, 9.17) is 4.42 Å². The lowest BCUT2D eigenvalue weighted by Crippen LogP contribution is -2.25. The summed E-state index contributed by atoms with van der Waals surface area (Å²) in [5.41, 5.74) is 1.20. The summed E-state index contributed by atoms with van der Waals surface area (Å²) in [4.78, 5) is 0. The van der Waals surface area contributed by atoms with Crippen LogP contribution in [0.4, 0.5) is 0 Å². The highest BCUT2D eigenvalue weighted by Crippen LogP contribution is 2.18. The predicted octanol–water partition coefficient (Wildman–Crippen LogP) is 2.69. The third kappa shape index (κ3) is 3.41. The van der Waals surface area contributed by atoms with Gasteiger partial charge < -0.3 is 9.73 Å². The molecule has 4 nitrogen and oxygen atoms in total. The molecule has 0 spiro atoms. The molecule has 0 aliphatic heterocycles. The minimum atomic E-state index is 0.629. The van der Waals surface area contributed by atoms with Crippen LogP contribution in [0.3, 0.4) is 0 Å². The van der Waals surface area contributed by atoms with Crippen molar-refractivity contribution in [3.8, 4) is 0 Å². The van der Waals surface area contributed by atoms with E-state index >= 15 is 0 Å². The Bertz CT molecular complexity index is 503. The van der Waals surface area contributed by atoms with E-state index < -0.39 is 0 Å². The van der Waals surface area contributed by atoms with Gasteiger partial charge in [-0.05, 0) is 18.4 Å². The molecule has 1 saturated carbocycles. The first-order valence-corrected chi connectivity index (χ1v) is 6.99. The van der Waals surface area contributed by atoms with Gasteiger partial charge in [-0.1, -0.05) is 43.2 Å². The van der Waals surface area contributed by atoms with E-state index in [2.05, 4.69) is 27.6 Å². The van der Waals surface area contributed by atoms with E-state index in [1.165, 1.54) is 31.2 Å². The van der Waals surface area contributed by atoms with E-state index in [0.717, 1.165) is 0 Å². The van der Waals surface area contributed by atoms with Crippen molar-refractivity contribution in [2.75, 3.05) is 0 Å². The summed E-state index contributed by atoms with van der Waals surface area (Å²) in [5.74, 6) is 1.38. The van der Waals surface area contributed by atoms with E-state index in [1.807, 2.05) is 18.2 Å². The van der Waals surface area contributed by atoms with E-state index in [0.29, 0.717) is 30.8 Å². The average Bonchev–Trinajstić information content (AvgIpc) is 3.09. The highest BCUT2D eigenvalue weighted by Gasteiger charge is 2.15. The molecule has 1 heterocycles. The van der Waals surface area contributed by atoms with Crippen molar-refractivity contribution in [1.29, 1.82) is 0 Å². The van der Waals surface area contributed by atoms with Gasteiger partial charge in [-0.2, -0.15) is 0 Å². The van der Waals surface area contributed by atoms with Crippen LogP contribution < -0.4 is 5.32 Å². The third-order valence-electron chi connectivity index (χ3n) is 3.60. The zero-order valence-corrected chi connectivity index (χ0v) is 11.0. The van der Waals surface area contributed by atoms with Gasteiger partial charge in [0, 0.05) is 6.04 Å². The van der Waals surface area contributed by atoms with Gasteiger partial charge in [0.05, 0.1) is 13.0 Å². The van der Waals surface area contributed by atoms with Crippen LogP contribution in [0.25, 0.3) is 0 Å². The SMILES string of the molecule is c1ccc(Cc2nnc(CNC3CCCC3)o2)cc1. The first kappa shape index (κ1) is 12.4. The highest BCUT2D eigenvalue weighted by molar-refractivity contribution is 5.17. The molecule has 100 valence electrons. The van der Waals surface area contributed by atoms with Crippen molar-refractivity contribution in [3.05, 3.63) is 47.7 Å². The smallest absolute Gasteiger partial charge is 0.230 e. The van der Waals surface area contributed by atoms with Gasteiger partial charge in [0.15, 0.2) is 0 Å². The summed E-state index contributed by atoms with van der Waals surface area (Å²) in [6, 6.07) is 10.8. The third-order valence-corrected chi connectivity index (χ3v) is 3.60. The normalized spacial score (nSPS) is 16.0. The van der Waals surface area contributed by atoms with E-state index in [1.54, 1.807) is 0 Å². The topological polar surface area (TPSA) is 51.0 Å².